The van der Waals surface area contributed by atoms with Crippen LogP contribution in [0, 0.1) is 41.4 Å². The largest absolute Gasteiger partial charge is 0.472 e. The van der Waals surface area contributed by atoms with Crippen LogP contribution in [0.2, 0.25) is 0 Å². The number of nitrogens with one attached hydrogen (secondary N) is 3. The lowest BCUT2D eigenvalue weighted by atomic mass is 10.0. The van der Waals surface area contributed by atoms with Gasteiger partial charge < -0.3 is 98.6 Å². The first-order valence-corrected chi connectivity index (χ1v) is 49.6. The molecule has 12 atom stereocenters. The molecule has 0 radical (unpaired) electrons. The molecular weight excluding hydrogens is 1670 g/mol. The summed E-state index contributed by atoms with van der Waals surface area (Å²) < 4.78 is 93.3. The molecule has 4 saturated heterocycles. The van der Waals surface area contributed by atoms with Gasteiger partial charge in [0.15, 0.2) is 0 Å². The van der Waals surface area contributed by atoms with E-state index < -0.39 is 34.0 Å². The minimum absolute atomic E-state index is 0.0200. The maximum absolute atomic E-state index is 12.4. The van der Waals surface area contributed by atoms with Crippen molar-refractivity contribution in [3.05, 3.63) is 0 Å². The summed E-state index contributed by atoms with van der Waals surface area (Å²) in [6.07, 6.45) is 4.97. The van der Waals surface area contributed by atoms with Crippen LogP contribution in [0.4, 0.5) is 0 Å². The van der Waals surface area contributed by atoms with E-state index in [2.05, 4.69) is 76.2 Å². The fourth-order valence-corrected chi connectivity index (χ4v) is 14.0. The highest BCUT2D eigenvalue weighted by Gasteiger charge is 2.42. The maximum atomic E-state index is 12.4. The molecule has 0 aromatic heterocycles. The van der Waals surface area contributed by atoms with Gasteiger partial charge >= 0.3 is 15.6 Å². The van der Waals surface area contributed by atoms with Crippen LogP contribution in [-0.2, 0) is 98.6 Å². The van der Waals surface area contributed by atoms with Crippen molar-refractivity contribution in [1.29, 1.82) is 0 Å². The zero-order chi connectivity index (χ0) is 97.2. The second-order valence-electron chi connectivity index (χ2n) is 37.8. The fraction of sp³-hybridized carbons (Fsp3) is 0.934. The molecule has 4 aliphatic heterocycles. The van der Waals surface area contributed by atoms with Crippen LogP contribution in [0.1, 0.15) is 278 Å². The second-order valence-corrected chi connectivity index (χ2v) is 40.6. The Balaban J connectivity index is -0.00000144. The topological polar surface area (TPSA) is 424 Å². The van der Waals surface area contributed by atoms with Crippen molar-refractivity contribution in [2.24, 2.45) is 41.4 Å². The van der Waals surface area contributed by atoms with Crippen molar-refractivity contribution >= 4 is 50.7 Å². The van der Waals surface area contributed by atoms with Gasteiger partial charge in [-0.2, -0.15) is 0 Å². The number of likely N-dealkylation sites (tertiary alicyclic amines) is 3. The Morgan fingerprint density at radius 2 is 0.929 bits per heavy atom. The lowest BCUT2D eigenvalue weighted by Gasteiger charge is -2.28. The number of amides is 3. The smallest absolute Gasteiger partial charge is 0.396 e. The zero-order valence-electron chi connectivity index (χ0n) is 83.6. The Bertz CT molecular complexity index is 2870. The Morgan fingerprint density at radius 3 is 1.36 bits per heavy atom. The first-order chi connectivity index (χ1) is 58.5. The minimum atomic E-state index is -4.17. The number of nitrogens with zero attached hydrogens (tertiary/aromatic N) is 3. The van der Waals surface area contributed by atoms with Gasteiger partial charge in [-0.15, -0.1) is 0 Å². The van der Waals surface area contributed by atoms with E-state index in [9.17, 15) is 68.1 Å². The van der Waals surface area contributed by atoms with Gasteiger partial charge in [0.05, 0.1) is 165 Å². The van der Waals surface area contributed by atoms with E-state index in [1.807, 2.05) is 125 Å². The molecule has 4 fully saturated rings. The third kappa shape index (κ3) is 70.7. The number of ether oxygens (including phenoxy) is 9. The van der Waals surface area contributed by atoms with Crippen molar-refractivity contribution in [2.45, 2.75) is 388 Å². The van der Waals surface area contributed by atoms with Crippen LogP contribution in [0.25, 0.3) is 0 Å². The number of carbonyl (C=O) groups excluding carboxylic acids is 6. The molecule has 0 aliphatic carbocycles. The van der Waals surface area contributed by atoms with Crippen molar-refractivity contribution in [1.82, 2.24) is 30.7 Å². The van der Waals surface area contributed by atoms with Gasteiger partial charge in [0.2, 0.25) is 17.7 Å². The predicted octanol–water partition coefficient (Wildman–Crippen LogP) is 12.1. The molecule has 9 N–H and O–H groups in total. The average Bonchev–Trinajstić information content (AvgIpc) is 1.69. The average molecular weight is 1860 g/mol. The molecule has 0 bridgehead atoms. The third-order valence-corrected chi connectivity index (χ3v) is 21.2. The van der Waals surface area contributed by atoms with Gasteiger partial charge in [-0.05, 0) is 179 Å². The highest BCUT2D eigenvalue weighted by molar-refractivity contribution is 7.47. The van der Waals surface area contributed by atoms with E-state index >= 15 is 0 Å². The molecule has 35 heteroatoms. The number of carbonyl (C=O) groups is 6. The number of rotatable bonds is 56. The van der Waals surface area contributed by atoms with Crippen LogP contribution in [0.5, 0.6) is 0 Å². The summed E-state index contributed by atoms with van der Waals surface area (Å²) in [6, 6.07) is 0.566. The van der Waals surface area contributed by atoms with E-state index in [4.69, 9.17) is 60.7 Å². The van der Waals surface area contributed by atoms with Gasteiger partial charge in [0, 0.05) is 107 Å². The number of aliphatic hydroxyl groups excluding tert-OH is 4. The standard InChI is InChI=1S/C19H39N2O6P.C17H37O8P.C14H25NO4.C14H27NO3.C10H19NO3.C10H21NO2.C7H16O/c1-12(2)19-18(22)7-15(20-19)10-26-28(23,24)27-17-8-16(11-25-14(5)6)21(9-17)13(3)4;1-15(2)12-25-26(19,20)24-10-6-8-22-14-17(11-18)13-21-7-5-9-23-16(3)4;1-9(2)13(17)6-14(18)15-7-12(16)5-11(15)8-19-10(3)4;1-10(2)5-6-14(17)15-8-13(16)7-12(15)9-18-11(3)4;1-7(2)9(12)5-10(13)11-6-14-8(3)4;1-8(2)11-7-10(12)5-6-13-9(3)4;1-6(2)5-8-7(3)4/h12-20,22H,7-11H2,1-6H3,(H,23,24);15-18H,5-14H2,1-4H3,(H,19,20);9-12,16H,5-8H2,1-4H3;10-13,16H,5-9H2,1-4H3;7-8H,5-6H2,1-4H3,(H,11,13);8-9,11H,5-7H2,1-4H3;6-7H,5H2,1-4H3/t15?,16-,17+,18+,19?;;11-,12+;12-,13+;;;/m0.00.../s1. The SMILES string of the molecule is CC(C)CCC(=O)N1C[C@H](O)C[C@H]1COC(C)C.CC(C)COC(C)C.CC(C)COP(=O)(O)OCCCOCC(CO)COCCCOC(C)C.CC(C)NCC(=O)CCOC(C)C.CC(C)OCNC(=O)CC(=O)C(C)C.CC(C)OC[C@@H]1C[C@@H](O)CN1C(=O)CC(=O)C(C)C.CC(C)OC[C@@H]1C[C@@H](OP(=O)(O)OCC2C[C@@H](O)C(C(C)C)N2)CN1C(C)C. The summed E-state index contributed by atoms with van der Waals surface area (Å²) in [4.78, 5) is 94.6. The van der Waals surface area contributed by atoms with Crippen molar-refractivity contribution in [2.75, 3.05) is 125 Å². The summed E-state index contributed by atoms with van der Waals surface area (Å²) in [5.41, 5.74) is 0. The molecule has 3 amide bonds. The molecule has 4 aliphatic rings. The van der Waals surface area contributed by atoms with E-state index in [-0.39, 0.29) is 184 Å². The summed E-state index contributed by atoms with van der Waals surface area (Å²) in [7, 11) is -8.14. The van der Waals surface area contributed by atoms with Gasteiger partial charge in [0.1, 0.15) is 24.1 Å². The van der Waals surface area contributed by atoms with Crippen LogP contribution in [0.15, 0.2) is 0 Å². The molecule has 750 valence electrons. The van der Waals surface area contributed by atoms with E-state index in [1.54, 1.807) is 37.5 Å². The first-order valence-electron chi connectivity index (χ1n) is 46.6. The van der Waals surface area contributed by atoms with Crippen molar-refractivity contribution in [3.63, 3.8) is 0 Å². The number of ketones is 3. The molecule has 0 aromatic carbocycles. The summed E-state index contributed by atoms with van der Waals surface area (Å²) in [5, 5.41) is 47.7. The molecule has 126 heavy (non-hydrogen) atoms. The quantitative estimate of drug-likeness (QED) is 0.0118. The number of Topliss-reactive ketones (excluding diaryl/α,β-unsaturated/α-hetero) is 3. The Kier molecular flexibility index (Phi) is 73.1. The van der Waals surface area contributed by atoms with Crippen LogP contribution in [0.3, 0.4) is 0 Å². The number of phosphoric ester groups is 2. The number of phosphoric acid groups is 2. The Morgan fingerprint density at radius 1 is 0.460 bits per heavy atom. The molecule has 0 saturated carbocycles. The molecular formula is C91H184N6O27P2. The van der Waals surface area contributed by atoms with Crippen LogP contribution < -0.4 is 16.0 Å². The third-order valence-electron chi connectivity index (χ3n) is 19.2. The van der Waals surface area contributed by atoms with Crippen LogP contribution >= 0.6 is 15.6 Å². The number of β-amino-alcohol motifs (C(OH)–C–C–N with tert-alkyl or cyclic N) is 2. The van der Waals surface area contributed by atoms with Gasteiger partial charge in [0.25, 0.3) is 0 Å². The molecule has 0 aromatic rings. The molecule has 0 spiro atoms. The van der Waals surface area contributed by atoms with Gasteiger partial charge in [-0.25, -0.2) is 9.13 Å². The van der Waals surface area contributed by atoms with E-state index in [0.717, 1.165) is 19.4 Å². The molecule has 5 unspecified atom stereocenters. The first kappa shape index (κ1) is 127. The lowest BCUT2D eigenvalue weighted by molar-refractivity contribution is -0.138. The Labute approximate surface area is 761 Å². The van der Waals surface area contributed by atoms with E-state index in [0.29, 0.717) is 161 Å². The summed E-state index contributed by atoms with van der Waals surface area (Å²) in [6.45, 7) is 66.9. The zero-order valence-corrected chi connectivity index (χ0v) is 85.4. The van der Waals surface area contributed by atoms with Crippen molar-refractivity contribution < 1.29 is 129 Å². The fourth-order valence-electron chi connectivity index (χ4n) is 12.1. The highest BCUT2D eigenvalue weighted by Crippen LogP contribution is 2.47. The van der Waals surface area contributed by atoms with E-state index in [1.165, 1.54) is 0 Å². The Hall–Kier alpha value is -3.00. The van der Waals surface area contributed by atoms with Gasteiger partial charge in [-0.1, -0.05) is 96.9 Å². The normalized spacial score (nSPS) is 20.8. The minimum Gasteiger partial charge on any atom is -0.396 e. The number of aliphatic hydroxyl groups is 4. The highest BCUT2D eigenvalue weighted by atomic mass is 31.2. The second kappa shape index (κ2) is 72.5. The summed E-state index contributed by atoms with van der Waals surface area (Å²) in [5.74, 6) is 1.09. The molecule has 33 nitrogen and oxygen atoms in total. The molecule has 4 rings (SSSR count). The predicted molar refractivity (Wildman–Crippen MR) is 494 cm³/mol. The lowest BCUT2D eigenvalue weighted by Crippen LogP contribution is -2.40. The van der Waals surface area contributed by atoms with Gasteiger partial charge in [-0.3, -0.25) is 51.8 Å². The van der Waals surface area contributed by atoms with Crippen molar-refractivity contribution in [3.8, 4) is 0 Å². The number of hydrogen-bond donors (Lipinski definition) is 9. The number of hydrogen-bond acceptors (Lipinski definition) is 28. The van der Waals surface area contributed by atoms with Crippen LogP contribution in [-0.4, -0.2) is 315 Å². The molecule has 4 heterocycles. The maximum Gasteiger partial charge on any atom is 0.472 e. The summed E-state index contributed by atoms with van der Waals surface area (Å²) >= 11 is 0. The monoisotopic (exact) mass is 1860 g/mol.